The summed E-state index contributed by atoms with van der Waals surface area (Å²) in [6, 6.07) is 16.8. The number of ketones is 1. The van der Waals surface area contributed by atoms with Crippen LogP contribution >= 0.6 is 0 Å². The maximum atomic E-state index is 13.1. The van der Waals surface area contributed by atoms with Crippen LogP contribution in [0.2, 0.25) is 0 Å². The largest absolute Gasteiger partial charge is 0.458 e. The molecular weight excluding hydrogens is 410 g/mol. The van der Waals surface area contributed by atoms with Crippen molar-refractivity contribution < 1.29 is 23.6 Å². The Bertz CT molecular complexity index is 1170. The van der Waals surface area contributed by atoms with Gasteiger partial charge in [0.2, 0.25) is 5.91 Å². The van der Waals surface area contributed by atoms with Crippen molar-refractivity contribution >= 4 is 34.6 Å². The molecule has 0 spiro atoms. The average molecular weight is 433 g/mol. The molecule has 1 fully saturated rings. The van der Waals surface area contributed by atoms with Crippen molar-refractivity contribution in [1.82, 2.24) is 15.5 Å². The molecule has 0 aliphatic carbocycles. The van der Waals surface area contributed by atoms with Crippen LogP contribution in [0.25, 0.3) is 11.0 Å². The standard InChI is InChI=1S/C24H23N3O5/c1-15(28)18(12-16-8-4-3-5-9-16)25-21(29)14-27-22(30)24(2,26-23(27)31)20-13-17-10-6-7-11-19(17)32-20/h3-11,13,18H,12,14H2,1-2H3,(H,25,29)(H,26,31)/t18-,24-/m1/s1. The molecule has 4 rings (SSSR count). The fourth-order valence-electron chi connectivity index (χ4n) is 3.77. The lowest BCUT2D eigenvalue weighted by atomic mass is 9.99. The highest BCUT2D eigenvalue weighted by molar-refractivity contribution is 6.09. The van der Waals surface area contributed by atoms with E-state index in [1.165, 1.54) is 13.8 Å². The number of benzene rings is 2. The van der Waals surface area contributed by atoms with Crippen molar-refractivity contribution in [3.8, 4) is 0 Å². The number of para-hydroxylation sites is 1. The molecule has 0 saturated carbocycles. The molecule has 1 aromatic heterocycles. The highest BCUT2D eigenvalue weighted by Crippen LogP contribution is 2.32. The Labute approximate surface area is 184 Å². The zero-order chi connectivity index (χ0) is 22.9. The van der Waals surface area contributed by atoms with E-state index in [1.54, 1.807) is 12.1 Å². The molecule has 1 saturated heterocycles. The highest BCUT2D eigenvalue weighted by Gasteiger charge is 2.51. The first-order valence-corrected chi connectivity index (χ1v) is 10.2. The van der Waals surface area contributed by atoms with Crippen LogP contribution in [0.4, 0.5) is 4.79 Å². The first-order chi connectivity index (χ1) is 15.3. The van der Waals surface area contributed by atoms with Gasteiger partial charge in [-0.1, -0.05) is 48.5 Å². The molecule has 2 aromatic carbocycles. The molecule has 2 N–H and O–H groups in total. The molecule has 32 heavy (non-hydrogen) atoms. The summed E-state index contributed by atoms with van der Waals surface area (Å²) in [6.45, 7) is 2.43. The summed E-state index contributed by atoms with van der Waals surface area (Å²) in [5.74, 6) is -1.13. The third-order valence-electron chi connectivity index (χ3n) is 5.60. The van der Waals surface area contributed by atoms with Gasteiger partial charge in [-0.05, 0) is 38.0 Å². The first-order valence-electron chi connectivity index (χ1n) is 10.2. The number of amides is 4. The summed E-state index contributed by atoms with van der Waals surface area (Å²) in [5.41, 5.74) is 0.0491. The highest BCUT2D eigenvalue weighted by atomic mass is 16.3. The van der Waals surface area contributed by atoms with Gasteiger partial charge in [0.05, 0.1) is 6.04 Å². The molecule has 2 heterocycles. The maximum absolute atomic E-state index is 13.1. The normalized spacial score (nSPS) is 19.1. The van der Waals surface area contributed by atoms with Gasteiger partial charge in [-0.2, -0.15) is 0 Å². The summed E-state index contributed by atoms with van der Waals surface area (Å²) in [4.78, 5) is 51.1. The third-order valence-corrected chi connectivity index (χ3v) is 5.60. The lowest BCUT2D eigenvalue weighted by molar-refractivity contribution is -0.135. The van der Waals surface area contributed by atoms with Crippen molar-refractivity contribution in [1.29, 1.82) is 0 Å². The van der Waals surface area contributed by atoms with Crippen LogP contribution in [-0.2, 0) is 26.3 Å². The van der Waals surface area contributed by atoms with Crippen LogP contribution in [0.1, 0.15) is 25.2 Å². The van der Waals surface area contributed by atoms with E-state index in [0.717, 1.165) is 15.8 Å². The predicted molar refractivity (Wildman–Crippen MR) is 117 cm³/mol. The SMILES string of the molecule is CC(=O)[C@@H](Cc1ccccc1)NC(=O)CN1C(=O)N[C@](C)(c2cc3ccccc3o2)C1=O. The minimum atomic E-state index is -1.43. The Morgan fingerprint density at radius 2 is 1.78 bits per heavy atom. The molecule has 164 valence electrons. The number of urea groups is 1. The quantitative estimate of drug-likeness (QED) is 0.557. The van der Waals surface area contributed by atoms with Gasteiger partial charge in [0.25, 0.3) is 5.91 Å². The number of furan rings is 1. The molecule has 0 bridgehead atoms. The number of imide groups is 1. The summed E-state index contributed by atoms with van der Waals surface area (Å²) >= 11 is 0. The van der Waals surface area contributed by atoms with Gasteiger partial charge in [0, 0.05) is 5.39 Å². The zero-order valence-electron chi connectivity index (χ0n) is 17.8. The lowest BCUT2D eigenvalue weighted by Crippen LogP contribution is -2.48. The molecule has 2 atom stereocenters. The number of Topliss-reactive ketones (excluding diaryl/α,β-unsaturated/α-hetero) is 1. The van der Waals surface area contributed by atoms with Crippen LogP contribution in [0.15, 0.2) is 65.1 Å². The molecule has 8 heteroatoms. The van der Waals surface area contributed by atoms with E-state index in [4.69, 9.17) is 4.42 Å². The number of nitrogens with zero attached hydrogens (tertiary/aromatic N) is 1. The number of hydrogen-bond acceptors (Lipinski definition) is 5. The number of rotatable bonds is 7. The number of carbonyl (C=O) groups excluding carboxylic acids is 4. The number of nitrogens with one attached hydrogen (secondary N) is 2. The van der Waals surface area contributed by atoms with Crippen molar-refractivity contribution in [2.24, 2.45) is 0 Å². The van der Waals surface area contributed by atoms with Crippen LogP contribution in [0, 0.1) is 0 Å². The Balaban J connectivity index is 1.47. The van der Waals surface area contributed by atoms with E-state index in [9.17, 15) is 19.2 Å². The van der Waals surface area contributed by atoms with Gasteiger partial charge in [0.1, 0.15) is 17.9 Å². The zero-order valence-corrected chi connectivity index (χ0v) is 17.8. The number of carbonyl (C=O) groups is 4. The lowest BCUT2D eigenvalue weighted by Gasteiger charge is -2.20. The van der Waals surface area contributed by atoms with Gasteiger partial charge >= 0.3 is 6.03 Å². The smallest absolute Gasteiger partial charge is 0.325 e. The molecule has 0 radical (unpaired) electrons. The Morgan fingerprint density at radius 3 is 2.47 bits per heavy atom. The Morgan fingerprint density at radius 1 is 1.09 bits per heavy atom. The summed E-state index contributed by atoms with van der Waals surface area (Å²) < 4.78 is 5.78. The summed E-state index contributed by atoms with van der Waals surface area (Å²) in [5, 5.41) is 6.06. The van der Waals surface area contributed by atoms with Crippen molar-refractivity contribution in [2.75, 3.05) is 6.54 Å². The van der Waals surface area contributed by atoms with E-state index in [2.05, 4.69) is 10.6 Å². The van der Waals surface area contributed by atoms with Crippen LogP contribution in [0.5, 0.6) is 0 Å². The fourth-order valence-corrected chi connectivity index (χ4v) is 3.77. The number of hydrogen-bond donors (Lipinski definition) is 2. The Kier molecular flexibility index (Phi) is 5.52. The van der Waals surface area contributed by atoms with E-state index < -0.39 is 36.0 Å². The van der Waals surface area contributed by atoms with Gasteiger partial charge in [-0.3, -0.25) is 19.3 Å². The summed E-state index contributed by atoms with van der Waals surface area (Å²) in [6.07, 6.45) is 0.318. The van der Waals surface area contributed by atoms with E-state index >= 15 is 0 Å². The fraction of sp³-hybridized carbons (Fsp3) is 0.250. The average Bonchev–Trinajstić information content (AvgIpc) is 3.30. The second-order valence-electron chi connectivity index (χ2n) is 8.02. The van der Waals surface area contributed by atoms with Crippen LogP contribution in [0.3, 0.4) is 0 Å². The molecule has 8 nitrogen and oxygen atoms in total. The Hall–Kier alpha value is -3.94. The minimum Gasteiger partial charge on any atom is -0.458 e. The second-order valence-corrected chi connectivity index (χ2v) is 8.02. The van der Waals surface area contributed by atoms with Crippen molar-refractivity contribution in [3.63, 3.8) is 0 Å². The summed E-state index contributed by atoms with van der Waals surface area (Å²) in [7, 11) is 0. The first kappa shape index (κ1) is 21.3. The van der Waals surface area contributed by atoms with Gasteiger partial charge in [0.15, 0.2) is 11.3 Å². The predicted octanol–water partition coefficient (Wildman–Crippen LogP) is 2.52. The molecule has 0 unspecified atom stereocenters. The topological polar surface area (TPSA) is 109 Å². The second kappa shape index (κ2) is 8.30. The molecule has 4 amide bonds. The van der Waals surface area contributed by atoms with Gasteiger partial charge in [-0.25, -0.2) is 4.79 Å². The minimum absolute atomic E-state index is 0.216. The van der Waals surface area contributed by atoms with Crippen LogP contribution in [-0.4, -0.2) is 41.1 Å². The van der Waals surface area contributed by atoms with E-state index in [-0.39, 0.29) is 11.5 Å². The van der Waals surface area contributed by atoms with E-state index in [1.807, 2.05) is 48.5 Å². The van der Waals surface area contributed by atoms with Gasteiger partial charge < -0.3 is 15.1 Å². The monoisotopic (exact) mass is 433 g/mol. The van der Waals surface area contributed by atoms with Crippen molar-refractivity contribution in [2.45, 2.75) is 31.8 Å². The molecular formula is C24H23N3O5. The van der Waals surface area contributed by atoms with Gasteiger partial charge in [-0.15, -0.1) is 0 Å². The molecule has 3 aromatic rings. The van der Waals surface area contributed by atoms with Crippen molar-refractivity contribution in [3.05, 3.63) is 72.0 Å². The maximum Gasteiger partial charge on any atom is 0.325 e. The molecule has 1 aliphatic rings. The van der Waals surface area contributed by atoms with Crippen LogP contribution < -0.4 is 10.6 Å². The third kappa shape index (κ3) is 3.99. The number of fused-ring (bicyclic) bond motifs is 1. The van der Waals surface area contributed by atoms with E-state index in [0.29, 0.717) is 12.0 Å². The molecule has 1 aliphatic heterocycles.